The summed E-state index contributed by atoms with van der Waals surface area (Å²) in [5.74, 6) is -0.0335. The second-order valence-electron chi connectivity index (χ2n) is 7.20. The Morgan fingerprint density at radius 3 is 2.47 bits per heavy atom. The van der Waals surface area contributed by atoms with E-state index in [0.717, 1.165) is 4.90 Å². The number of hydrazine groups is 1. The molecule has 0 aliphatic carbocycles. The van der Waals surface area contributed by atoms with E-state index in [0.29, 0.717) is 33.6 Å². The maximum Gasteiger partial charge on any atom is 0.270 e. The third kappa shape index (κ3) is 5.31. The van der Waals surface area contributed by atoms with Gasteiger partial charge < -0.3 is 0 Å². The molecule has 0 radical (unpaired) electrons. The number of rotatable bonds is 6. The van der Waals surface area contributed by atoms with Crippen molar-refractivity contribution >= 4 is 34.5 Å². The van der Waals surface area contributed by atoms with Gasteiger partial charge in [0.25, 0.3) is 5.91 Å². The SMILES string of the molecule is Cc1ccc(SCCC(=O)NNC(=O)c2cc(-c3ccccn3)nc3ccccc23)cc1. The number of thioether (sulfide) groups is 1. The number of para-hydroxylation sites is 1. The number of aryl methyl sites for hydroxylation is 1. The molecule has 32 heavy (non-hydrogen) atoms. The lowest BCUT2D eigenvalue weighted by Gasteiger charge is -2.11. The highest BCUT2D eigenvalue weighted by atomic mass is 32.2. The van der Waals surface area contributed by atoms with Gasteiger partial charge in [0.1, 0.15) is 0 Å². The Hall–Kier alpha value is -3.71. The van der Waals surface area contributed by atoms with E-state index in [1.807, 2.05) is 73.7 Å². The highest BCUT2D eigenvalue weighted by Gasteiger charge is 2.15. The van der Waals surface area contributed by atoms with Crippen LogP contribution in [0.25, 0.3) is 22.3 Å². The molecule has 0 bridgehead atoms. The lowest BCUT2D eigenvalue weighted by Crippen LogP contribution is -2.41. The lowest BCUT2D eigenvalue weighted by atomic mass is 10.1. The summed E-state index contributed by atoms with van der Waals surface area (Å²) in [7, 11) is 0. The summed E-state index contributed by atoms with van der Waals surface area (Å²) in [5, 5.41) is 0.703. The molecule has 2 N–H and O–H groups in total. The normalized spacial score (nSPS) is 10.7. The first-order valence-corrected chi connectivity index (χ1v) is 11.2. The van der Waals surface area contributed by atoms with Crippen molar-refractivity contribution in [2.24, 2.45) is 0 Å². The number of carbonyl (C=O) groups excluding carboxylic acids is 2. The number of carbonyl (C=O) groups is 2. The maximum atomic E-state index is 12.9. The van der Waals surface area contributed by atoms with Crippen LogP contribution in [-0.2, 0) is 4.79 Å². The van der Waals surface area contributed by atoms with Crippen LogP contribution >= 0.6 is 11.8 Å². The zero-order valence-electron chi connectivity index (χ0n) is 17.5. The minimum absolute atomic E-state index is 0.249. The molecule has 0 atom stereocenters. The van der Waals surface area contributed by atoms with Crippen LogP contribution in [-0.4, -0.2) is 27.5 Å². The number of aromatic nitrogens is 2. The first-order chi connectivity index (χ1) is 15.6. The molecule has 0 saturated carbocycles. The fourth-order valence-electron chi connectivity index (χ4n) is 3.16. The number of amides is 2. The average molecular weight is 443 g/mol. The Morgan fingerprint density at radius 2 is 1.69 bits per heavy atom. The molecule has 160 valence electrons. The number of hydrogen-bond donors (Lipinski definition) is 2. The summed E-state index contributed by atoms with van der Waals surface area (Å²) in [5.41, 5.74) is 8.61. The van der Waals surface area contributed by atoms with Crippen molar-refractivity contribution in [2.45, 2.75) is 18.2 Å². The topological polar surface area (TPSA) is 84.0 Å². The molecule has 0 fully saturated rings. The van der Waals surface area contributed by atoms with E-state index in [4.69, 9.17) is 0 Å². The van der Waals surface area contributed by atoms with Crippen LogP contribution in [0.1, 0.15) is 22.3 Å². The molecule has 0 aliphatic heterocycles. The first kappa shape index (κ1) is 21.5. The molecular formula is C25H22N4O2S. The number of benzene rings is 2. The van der Waals surface area contributed by atoms with Crippen LogP contribution in [0.15, 0.2) is 83.9 Å². The Kier molecular flexibility index (Phi) is 6.77. The van der Waals surface area contributed by atoms with Gasteiger partial charge in [0, 0.05) is 28.7 Å². The molecule has 0 unspecified atom stereocenters. The molecule has 2 aromatic heterocycles. The van der Waals surface area contributed by atoms with Crippen molar-refractivity contribution in [3.05, 3.63) is 90.1 Å². The molecule has 0 spiro atoms. The monoisotopic (exact) mass is 442 g/mol. The van der Waals surface area contributed by atoms with Crippen LogP contribution in [0, 0.1) is 6.92 Å². The van der Waals surface area contributed by atoms with Gasteiger partial charge in [-0.05, 0) is 43.3 Å². The van der Waals surface area contributed by atoms with Crippen molar-refractivity contribution in [1.82, 2.24) is 20.8 Å². The second kappa shape index (κ2) is 10.1. The van der Waals surface area contributed by atoms with E-state index in [2.05, 4.69) is 20.8 Å². The predicted molar refractivity (Wildman–Crippen MR) is 127 cm³/mol. The molecule has 6 nitrogen and oxygen atoms in total. The number of fused-ring (bicyclic) bond motifs is 1. The van der Waals surface area contributed by atoms with Crippen LogP contribution < -0.4 is 10.9 Å². The van der Waals surface area contributed by atoms with Gasteiger partial charge in [0.2, 0.25) is 5.91 Å². The molecule has 4 rings (SSSR count). The van der Waals surface area contributed by atoms with Gasteiger partial charge >= 0.3 is 0 Å². The lowest BCUT2D eigenvalue weighted by molar-refractivity contribution is -0.121. The van der Waals surface area contributed by atoms with Crippen LogP contribution in [0.2, 0.25) is 0 Å². The van der Waals surface area contributed by atoms with Gasteiger partial charge in [0.15, 0.2) is 0 Å². The average Bonchev–Trinajstić information content (AvgIpc) is 2.83. The fraction of sp³-hybridized carbons (Fsp3) is 0.120. The van der Waals surface area contributed by atoms with E-state index >= 15 is 0 Å². The summed E-state index contributed by atoms with van der Waals surface area (Å²) >= 11 is 1.60. The van der Waals surface area contributed by atoms with Gasteiger partial charge in [-0.15, -0.1) is 11.8 Å². The first-order valence-electron chi connectivity index (χ1n) is 10.2. The van der Waals surface area contributed by atoms with Gasteiger partial charge in [-0.25, -0.2) is 4.98 Å². The Balaban J connectivity index is 1.42. The summed E-state index contributed by atoms with van der Waals surface area (Å²) in [6, 6.07) is 22.8. The number of nitrogens with zero attached hydrogens (tertiary/aromatic N) is 2. The number of hydrogen-bond acceptors (Lipinski definition) is 5. The van der Waals surface area contributed by atoms with E-state index < -0.39 is 5.91 Å². The third-order valence-electron chi connectivity index (χ3n) is 4.82. The summed E-state index contributed by atoms with van der Waals surface area (Å²) < 4.78 is 0. The third-order valence-corrected chi connectivity index (χ3v) is 5.84. The highest BCUT2D eigenvalue weighted by Crippen LogP contribution is 2.23. The van der Waals surface area contributed by atoms with Crippen molar-refractivity contribution in [2.75, 3.05) is 5.75 Å². The van der Waals surface area contributed by atoms with E-state index in [9.17, 15) is 9.59 Å². The van der Waals surface area contributed by atoms with Gasteiger partial charge in [-0.2, -0.15) is 0 Å². The molecule has 7 heteroatoms. The highest BCUT2D eigenvalue weighted by molar-refractivity contribution is 7.99. The molecule has 2 amide bonds. The molecule has 2 heterocycles. The molecular weight excluding hydrogens is 420 g/mol. The zero-order chi connectivity index (χ0) is 22.3. The fourth-order valence-corrected chi connectivity index (χ4v) is 4.01. The minimum Gasteiger partial charge on any atom is -0.273 e. The van der Waals surface area contributed by atoms with Crippen LogP contribution in [0.3, 0.4) is 0 Å². The minimum atomic E-state index is -0.402. The molecule has 2 aromatic carbocycles. The van der Waals surface area contributed by atoms with Gasteiger partial charge in [0.05, 0.1) is 22.5 Å². The van der Waals surface area contributed by atoms with E-state index in [-0.39, 0.29) is 12.3 Å². The molecule has 0 saturated heterocycles. The standard InChI is InChI=1S/C25H22N4O2S/c1-17-9-11-18(12-10-17)32-15-13-24(30)28-29-25(31)20-16-23(22-8-4-5-14-26-22)27-21-7-3-2-6-19(20)21/h2-12,14,16H,13,15H2,1H3,(H,28,30)(H,29,31). The number of pyridine rings is 2. The molecule has 0 aliphatic rings. The van der Waals surface area contributed by atoms with E-state index in [1.165, 1.54) is 5.56 Å². The van der Waals surface area contributed by atoms with Crippen LogP contribution in [0.5, 0.6) is 0 Å². The molecule has 4 aromatic rings. The van der Waals surface area contributed by atoms with Gasteiger partial charge in [-0.3, -0.25) is 25.4 Å². The summed E-state index contributed by atoms with van der Waals surface area (Å²) in [6.45, 7) is 2.04. The summed E-state index contributed by atoms with van der Waals surface area (Å²) in [4.78, 5) is 35.2. The Labute approximate surface area is 190 Å². The summed E-state index contributed by atoms with van der Waals surface area (Å²) in [6.07, 6.45) is 1.97. The van der Waals surface area contributed by atoms with E-state index in [1.54, 1.807) is 24.0 Å². The Bertz CT molecular complexity index is 1240. The van der Waals surface area contributed by atoms with Gasteiger partial charge in [-0.1, -0.05) is 42.0 Å². The number of nitrogens with one attached hydrogen (secondary N) is 2. The zero-order valence-corrected chi connectivity index (χ0v) is 18.4. The van der Waals surface area contributed by atoms with Crippen molar-refractivity contribution < 1.29 is 9.59 Å². The van der Waals surface area contributed by atoms with Crippen LogP contribution in [0.4, 0.5) is 0 Å². The van der Waals surface area contributed by atoms with Crippen molar-refractivity contribution in [3.8, 4) is 11.4 Å². The second-order valence-corrected chi connectivity index (χ2v) is 8.37. The maximum absolute atomic E-state index is 12.9. The predicted octanol–water partition coefficient (Wildman–Crippen LogP) is 4.55. The smallest absolute Gasteiger partial charge is 0.270 e. The van der Waals surface area contributed by atoms with Crippen molar-refractivity contribution in [1.29, 1.82) is 0 Å². The Morgan fingerprint density at radius 1 is 0.906 bits per heavy atom. The van der Waals surface area contributed by atoms with Crippen molar-refractivity contribution in [3.63, 3.8) is 0 Å². The quantitative estimate of drug-likeness (QED) is 0.338. The largest absolute Gasteiger partial charge is 0.273 e.